The van der Waals surface area contributed by atoms with Gasteiger partial charge in [-0.15, -0.1) is 0 Å². The van der Waals surface area contributed by atoms with Gasteiger partial charge in [0.1, 0.15) is 5.82 Å². The molecule has 152 valence electrons. The SMILES string of the molecule is CCN(c1ccc2c(C)n[nH]c2c1)c1ccnc(Nc2ccc(CC(N)=O)cc2)n1. The molecular weight excluding hydrogens is 378 g/mol. The molecule has 0 spiro atoms. The highest BCUT2D eigenvalue weighted by atomic mass is 16.1. The first kappa shape index (κ1) is 19.4. The minimum atomic E-state index is -0.352. The highest BCUT2D eigenvalue weighted by Crippen LogP contribution is 2.28. The van der Waals surface area contributed by atoms with E-state index in [-0.39, 0.29) is 12.3 Å². The zero-order chi connectivity index (χ0) is 21.1. The van der Waals surface area contributed by atoms with Gasteiger partial charge in [0.2, 0.25) is 11.9 Å². The standard InChI is InChI=1S/C22H23N7O/c1-3-29(17-8-9-18-14(2)27-28-19(18)13-17)21-10-11-24-22(26-21)25-16-6-4-15(5-7-16)12-20(23)30/h4-11,13H,3,12H2,1-2H3,(H2,23,30)(H,27,28)(H,24,25,26). The number of nitrogens with one attached hydrogen (secondary N) is 2. The molecule has 4 N–H and O–H groups in total. The van der Waals surface area contributed by atoms with Gasteiger partial charge in [-0.3, -0.25) is 9.89 Å². The molecule has 0 aliphatic carbocycles. The number of H-pyrrole nitrogens is 1. The Morgan fingerprint density at radius 1 is 1.17 bits per heavy atom. The summed E-state index contributed by atoms with van der Waals surface area (Å²) in [7, 11) is 0. The van der Waals surface area contributed by atoms with Gasteiger partial charge < -0.3 is 16.0 Å². The molecule has 4 rings (SSSR count). The molecule has 0 atom stereocenters. The average Bonchev–Trinajstić information content (AvgIpc) is 3.10. The quantitative estimate of drug-likeness (QED) is 0.436. The van der Waals surface area contributed by atoms with E-state index in [1.807, 2.05) is 37.3 Å². The van der Waals surface area contributed by atoms with Crippen molar-refractivity contribution in [2.75, 3.05) is 16.8 Å². The van der Waals surface area contributed by atoms with Crippen LogP contribution in [0.5, 0.6) is 0 Å². The maximum atomic E-state index is 11.0. The smallest absolute Gasteiger partial charge is 0.229 e. The van der Waals surface area contributed by atoms with Crippen molar-refractivity contribution in [1.82, 2.24) is 20.2 Å². The lowest BCUT2D eigenvalue weighted by Gasteiger charge is -2.22. The molecule has 0 aliphatic heterocycles. The predicted octanol–water partition coefficient (Wildman–Crippen LogP) is 3.59. The zero-order valence-electron chi connectivity index (χ0n) is 16.9. The Kier molecular flexibility index (Phi) is 5.30. The maximum Gasteiger partial charge on any atom is 0.229 e. The number of carbonyl (C=O) groups excluding carboxylic acids is 1. The van der Waals surface area contributed by atoms with E-state index in [0.717, 1.165) is 45.9 Å². The Hall–Kier alpha value is -3.94. The third-order valence-corrected chi connectivity index (χ3v) is 4.87. The van der Waals surface area contributed by atoms with Crippen molar-refractivity contribution in [2.45, 2.75) is 20.3 Å². The fraction of sp³-hybridized carbons (Fsp3) is 0.182. The van der Waals surface area contributed by atoms with Crippen LogP contribution in [-0.2, 0) is 11.2 Å². The van der Waals surface area contributed by atoms with E-state index < -0.39 is 0 Å². The lowest BCUT2D eigenvalue weighted by Crippen LogP contribution is -2.18. The number of aromatic nitrogens is 4. The molecule has 30 heavy (non-hydrogen) atoms. The van der Waals surface area contributed by atoms with Gasteiger partial charge in [-0.25, -0.2) is 4.98 Å². The Labute approximate surface area is 174 Å². The van der Waals surface area contributed by atoms with Gasteiger partial charge in [0.05, 0.1) is 17.6 Å². The normalized spacial score (nSPS) is 10.9. The number of primary amides is 1. The van der Waals surface area contributed by atoms with E-state index in [2.05, 4.69) is 55.5 Å². The first-order valence-electron chi connectivity index (χ1n) is 9.73. The lowest BCUT2D eigenvalue weighted by molar-refractivity contribution is -0.117. The van der Waals surface area contributed by atoms with Crippen LogP contribution in [0, 0.1) is 6.92 Å². The molecule has 0 unspecified atom stereocenters. The first-order valence-corrected chi connectivity index (χ1v) is 9.73. The van der Waals surface area contributed by atoms with Gasteiger partial charge >= 0.3 is 0 Å². The lowest BCUT2D eigenvalue weighted by atomic mass is 10.1. The van der Waals surface area contributed by atoms with Crippen molar-refractivity contribution in [3.63, 3.8) is 0 Å². The van der Waals surface area contributed by atoms with Gasteiger partial charge in [0.15, 0.2) is 0 Å². The van der Waals surface area contributed by atoms with Crippen molar-refractivity contribution >= 4 is 40.0 Å². The number of nitrogens with two attached hydrogens (primary N) is 1. The van der Waals surface area contributed by atoms with E-state index in [1.54, 1.807) is 6.20 Å². The largest absolute Gasteiger partial charge is 0.369 e. The topological polar surface area (TPSA) is 113 Å². The molecule has 4 aromatic rings. The summed E-state index contributed by atoms with van der Waals surface area (Å²) in [5.74, 6) is 0.929. The van der Waals surface area contributed by atoms with Crippen molar-refractivity contribution in [2.24, 2.45) is 5.73 Å². The number of nitrogens with zero attached hydrogens (tertiary/aromatic N) is 4. The second-order valence-corrected chi connectivity index (χ2v) is 6.99. The minimum Gasteiger partial charge on any atom is -0.369 e. The van der Waals surface area contributed by atoms with Crippen molar-refractivity contribution < 1.29 is 4.79 Å². The summed E-state index contributed by atoms with van der Waals surface area (Å²) < 4.78 is 0. The zero-order valence-corrected chi connectivity index (χ0v) is 16.9. The highest BCUT2D eigenvalue weighted by molar-refractivity contribution is 5.85. The molecule has 0 aliphatic rings. The predicted molar refractivity (Wildman–Crippen MR) is 118 cm³/mol. The van der Waals surface area contributed by atoms with Crippen LogP contribution in [0.15, 0.2) is 54.7 Å². The van der Waals surface area contributed by atoms with E-state index in [1.165, 1.54) is 0 Å². The Balaban J connectivity index is 1.57. The third-order valence-electron chi connectivity index (χ3n) is 4.87. The third kappa shape index (κ3) is 4.07. The van der Waals surface area contributed by atoms with Gasteiger partial charge in [-0.2, -0.15) is 10.1 Å². The van der Waals surface area contributed by atoms with Crippen LogP contribution in [0.25, 0.3) is 10.9 Å². The fourth-order valence-corrected chi connectivity index (χ4v) is 3.39. The second kappa shape index (κ2) is 8.20. The molecule has 0 radical (unpaired) electrons. The molecule has 2 aromatic heterocycles. The fourth-order valence-electron chi connectivity index (χ4n) is 3.39. The second-order valence-electron chi connectivity index (χ2n) is 6.99. The number of rotatable bonds is 7. The van der Waals surface area contributed by atoms with Crippen LogP contribution in [-0.4, -0.2) is 32.6 Å². The number of aromatic amines is 1. The summed E-state index contributed by atoms with van der Waals surface area (Å²) >= 11 is 0. The Morgan fingerprint density at radius 2 is 1.97 bits per heavy atom. The molecule has 2 heterocycles. The maximum absolute atomic E-state index is 11.0. The number of benzene rings is 2. The summed E-state index contributed by atoms with van der Waals surface area (Å²) in [5.41, 5.74) is 9.93. The van der Waals surface area contributed by atoms with Gasteiger partial charge in [-0.05, 0) is 55.8 Å². The molecule has 0 bridgehead atoms. The highest BCUT2D eigenvalue weighted by Gasteiger charge is 2.12. The average molecular weight is 401 g/mol. The molecular formula is C22H23N7O. The minimum absolute atomic E-state index is 0.220. The number of fused-ring (bicyclic) bond motifs is 1. The van der Waals surface area contributed by atoms with E-state index in [9.17, 15) is 4.79 Å². The summed E-state index contributed by atoms with van der Waals surface area (Å²) in [4.78, 5) is 22.2. The van der Waals surface area contributed by atoms with Crippen molar-refractivity contribution in [1.29, 1.82) is 0 Å². The molecule has 8 heteroatoms. The van der Waals surface area contributed by atoms with Crippen LogP contribution in [0.1, 0.15) is 18.2 Å². The molecule has 0 fully saturated rings. The van der Waals surface area contributed by atoms with Crippen molar-refractivity contribution in [3.05, 3.63) is 66.0 Å². The van der Waals surface area contributed by atoms with Crippen LogP contribution in [0.4, 0.5) is 23.1 Å². The number of aryl methyl sites for hydroxylation is 1. The molecule has 1 amide bonds. The number of anilines is 4. The van der Waals surface area contributed by atoms with Crippen molar-refractivity contribution in [3.8, 4) is 0 Å². The number of hydrogen-bond acceptors (Lipinski definition) is 6. The van der Waals surface area contributed by atoms with Gasteiger partial charge in [0, 0.05) is 29.5 Å². The van der Waals surface area contributed by atoms with E-state index >= 15 is 0 Å². The number of hydrogen-bond donors (Lipinski definition) is 3. The summed E-state index contributed by atoms with van der Waals surface area (Å²) in [6, 6.07) is 15.6. The van der Waals surface area contributed by atoms with Gasteiger partial charge in [0.25, 0.3) is 0 Å². The Morgan fingerprint density at radius 3 is 2.70 bits per heavy atom. The van der Waals surface area contributed by atoms with Crippen LogP contribution in [0.2, 0.25) is 0 Å². The number of amides is 1. The molecule has 2 aromatic carbocycles. The first-order chi connectivity index (χ1) is 14.5. The van der Waals surface area contributed by atoms with Crippen LogP contribution >= 0.6 is 0 Å². The van der Waals surface area contributed by atoms with E-state index in [4.69, 9.17) is 5.73 Å². The monoisotopic (exact) mass is 401 g/mol. The van der Waals surface area contributed by atoms with Crippen LogP contribution < -0.4 is 16.0 Å². The summed E-state index contributed by atoms with van der Waals surface area (Å²) in [6.07, 6.45) is 1.95. The molecule has 0 saturated heterocycles. The van der Waals surface area contributed by atoms with Crippen LogP contribution in [0.3, 0.4) is 0 Å². The molecule has 8 nitrogen and oxygen atoms in total. The summed E-state index contributed by atoms with van der Waals surface area (Å²) in [5, 5.41) is 11.7. The number of carbonyl (C=O) groups is 1. The summed E-state index contributed by atoms with van der Waals surface area (Å²) in [6.45, 7) is 4.81. The van der Waals surface area contributed by atoms with E-state index in [0.29, 0.717) is 5.95 Å². The molecule has 0 saturated carbocycles. The van der Waals surface area contributed by atoms with Gasteiger partial charge in [-0.1, -0.05) is 12.1 Å². The Bertz CT molecular complexity index is 1180.